The van der Waals surface area contributed by atoms with E-state index < -0.39 is 30.2 Å². The molecule has 0 saturated heterocycles. The number of carbonyl (C=O) groups is 1. The minimum atomic E-state index is -2.99. The number of halogens is 4. The highest BCUT2D eigenvalue weighted by molar-refractivity contribution is 5.94. The first kappa shape index (κ1) is 16.8. The molecule has 0 unspecified atom stereocenters. The molecule has 23 heavy (non-hydrogen) atoms. The highest BCUT2D eigenvalue weighted by Crippen LogP contribution is 2.19. The molecule has 0 heterocycles. The monoisotopic (exact) mass is 327 g/mol. The van der Waals surface area contributed by atoms with Gasteiger partial charge in [-0.2, -0.15) is 8.78 Å². The minimum Gasteiger partial charge on any atom is -0.435 e. The number of hydrogen-bond donors (Lipinski definition) is 1. The number of carbonyl (C=O) groups excluding carboxylic acids is 1. The van der Waals surface area contributed by atoms with Crippen molar-refractivity contribution in [1.29, 1.82) is 0 Å². The molecule has 2 aromatic rings. The first-order valence-electron chi connectivity index (χ1n) is 6.67. The maximum absolute atomic E-state index is 13.2. The van der Waals surface area contributed by atoms with E-state index in [1.54, 1.807) is 6.92 Å². The van der Waals surface area contributed by atoms with Crippen LogP contribution in [-0.2, 0) is 0 Å². The zero-order valence-electron chi connectivity index (χ0n) is 12.0. The summed E-state index contributed by atoms with van der Waals surface area (Å²) in [6, 6.07) is 7.97. The lowest BCUT2D eigenvalue weighted by Gasteiger charge is -2.15. The van der Waals surface area contributed by atoms with E-state index in [-0.39, 0.29) is 11.3 Å². The molecule has 1 amide bonds. The molecule has 0 fully saturated rings. The summed E-state index contributed by atoms with van der Waals surface area (Å²) in [5.41, 5.74) is 0.481. The molecule has 0 aliphatic rings. The van der Waals surface area contributed by atoms with Crippen LogP contribution in [0.4, 0.5) is 17.6 Å². The quantitative estimate of drug-likeness (QED) is 0.841. The number of nitrogens with one attached hydrogen (secondary N) is 1. The van der Waals surface area contributed by atoms with Crippen molar-refractivity contribution < 1.29 is 27.1 Å². The number of alkyl halides is 2. The van der Waals surface area contributed by atoms with Gasteiger partial charge in [0.15, 0.2) is 11.6 Å². The molecule has 0 bridgehead atoms. The number of benzene rings is 2. The molecule has 1 N–H and O–H groups in total. The lowest BCUT2D eigenvalue weighted by atomic mass is 10.1. The molecule has 122 valence electrons. The number of amides is 1. The Balaban J connectivity index is 2.10. The van der Waals surface area contributed by atoms with Crippen LogP contribution in [0.15, 0.2) is 42.5 Å². The standard InChI is InChI=1S/C16H13F4NO2/c1-9(10-5-6-13(17)14(18)8-10)21-15(22)11-3-2-4-12(7-11)23-16(19)20/h2-9,16H,1H3,(H,21,22)/t9-/m1/s1. The summed E-state index contributed by atoms with van der Waals surface area (Å²) in [6.07, 6.45) is 0. The average Bonchev–Trinajstić information content (AvgIpc) is 2.49. The fourth-order valence-electron chi connectivity index (χ4n) is 1.96. The summed E-state index contributed by atoms with van der Waals surface area (Å²) in [4.78, 5) is 12.1. The van der Waals surface area contributed by atoms with Crippen LogP contribution >= 0.6 is 0 Å². The molecule has 1 atom stereocenters. The van der Waals surface area contributed by atoms with Gasteiger partial charge in [0, 0.05) is 5.56 Å². The van der Waals surface area contributed by atoms with Crippen LogP contribution in [-0.4, -0.2) is 12.5 Å². The van der Waals surface area contributed by atoms with Gasteiger partial charge in [-0.1, -0.05) is 12.1 Å². The number of rotatable bonds is 5. The Hall–Kier alpha value is -2.57. The van der Waals surface area contributed by atoms with Crippen molar-refractivity contribution in [2.45, 2.75) is 19.6 Å². The maximum atomic E-state index is 13.2. The SMILES string of the molecule is C[C@@H](NC(=O)c1cccc(OC(F)F)c1)c1ccc(F)c(F)c1. The van der Waals surface area contributed by atoms with Crippen LogP contribution in [0.2, 0.25) is 0 Å². The summed E-state index contributed by atoms with van der Waals surface area (Å²) in [5, 5.41) is 2.57. The van der Waals surface area contributed by atoms with Crippen LogP contribution in [0.3, 0.4) is 0 Å². The molecule has 3 nitrogen and oxygen atoms in total. The zero-order chi connectivity index (χ0) is 17.0. The maximum Gasteiger partial charge on any atom is 0.387 e. The Bertz CT molecular complexity index is 706. The molecule has 0 spiro atoms. The van der Waals surface area contributed by atoms with E-state index in [4.69, 9.17) is 0 Å². The summed E-state index contributed by atoms with van der Waals surface area (Å²) < 4.78 is 54.7. The third-order valence-electron chi connectivity index (χ3n) is 3.11. The first-order chi connectivity index (χ1) is 10.9. The summed E-state index contributed by atoms with van der Waals surface area (Å²) in [6.45, 7) is -1.40. The van der Waals surface area contributed by atoms with Crippen molar-refractivity contribution in [3.05, 3.63) is 65.2 Å². The second kappa shape index (κ2) is 7.13. The highest BCUT2D eigenvalue weighted by Gasteiger charge is 2.14. The van der Waals surface area contributed by atoms with Crippen LogP contribution < -0.4 is 10.1 Å². The molecule has 0 aliphatic heterocycles. The number of ether oxygens (including phenoxy) is 1. The Labute approximate surface area is 129 Å². The highest BCUT2D eigenvalue weighted by atomic mass is 19.3. The number of hydrogen-bond acceptors (Lipinski definition) is 2. The van der Waals surface area contributed by atoms with Crippen LogP contribution in [0.25, 0.3) is 0 Å². The van der Waals surface area contributed by atoms with Crippen LogP contribution in [0, 0.1) is 11.6 Å². The Morgan fingerprint density at radius 1 is 1.09 bits per heavy atom. The topological polar surface area (TPSA) is 38.3 Å². The molecule has 7 heteroatoms. The Kier molecular flexibility index (Phi) is 5.20. The van der Waals surface area contributed by atoms with Gasteiger partial charge in [-0.25, -0.2) is 8.78 Å². The largest absolute Gasteiger partial charge is 0.435 e. The van der Waals surface area contributed by atoms with Crippen molar-refractivity contribution in [3.8, 4) is 5.75 Å². The van der Waals surface area contributed by atoms with Gasteiger partial charge in [-0.05, 0) is 42.8 Å². The first-order valence-corrected chi connectivity index (χ1v) is 6.67. The van der Waals surface area contributed by atoms with Crippen LogP contribution in [0.1, 0.15) is 28.9 Å². The molecule has 0 aliphatic carbocycles. The van der Waals surface area contributed by atoms with Crippen molar-refractivity contribution in [3.63, 3.8) is 0 Å². The fraction of sp³-hybridized carbons (Fsp3) is 0.188. The van der Waals surface area contributed by atoms with Gasteiger partial charge in [0.1, 0.15) is 5.75 Å². The third-order valence-corrected chi connectivity index (χ3v) is 3.11. The molecule has 2 rings (SSSR count). The van der Waals surface area contributed by atoms with E-state index in [0.29, 0.717) is 5.56 Å². The third kappa shape index (κ3) is 4.45. The molecule has 0 radical (unpaired) electrons. The van der Waals surface area contributed by atoms with Crippen molar-refractivity contribution in [2.75, 3.05) is 0 Å². The van der Waals surface area contributed by atoms with Gasteiger partial charge in [0.25, 0.3) is 5.91 Å². The zero-order valence-corrected chi connectivity index (χ0v) is 12.0. The van der Waals surface area contributed by atoms with Crippen LogP contribution in [0.5, 0.6) is 5.75 Å². The van der Waals surface area contributed by atoms with Gasteiger partial charge in [0.05, 0.1) is 6.04 Å². The second-order valence-corrected chi connectivity index (χ2v) is 4.78. The van der Waals surface area contributed by atoms with Crippen molar-refractivity contribution in [2.24, 2.45) is 0 Å². The summed E-state index contributed by atoms with van der Waals surface area (Å²) in [7, 11) is 0. The van der Waals surface area contributed by atoms with Gasteiger partial charge >= 0.3 is 6.61 Å². The van der Waals surface area contributed by atoms with Crippen molar-refractivity contribution >= 4 is 5.91 Å². The Morgan fingerprint density at radius 3 is 2.48 bits per heavy atom. The molecule has 2 aromatic carbocycles. The van der Waals surface area contributed by atoms with E-state index in [1.807, 2.05) is 0 Å². The predicted octanol–water partition coefficient (Wildman–Crippen LogP) is 4.06. The van der Waals surface area contributed by atoms with E-state index in [2.05, 4.69) is 10.1 Å². The van der Waals surface area contributed by atoms with Gasteiger partial charge in [-0.3, -0.25) is 4.79 Å². The minimum absolute atomic E-state index is 0.109. The second-order valence-electron chi connectivity index (χ2n) is 4.78. The van der Waals surface area contributed by atoms with Gasteiger partial charge in [0.2, 0.25) is 0 Å². The summed E-state index contributed by atoms with van der Waals surface area (Å²) in [5.74, 6) is -2.70. The Morgan fingerprint density at radius 2 is 1.83 bits per heavy atom. The normalized spacial score (nSPS) is 12.1. The molecule has 0 saturated carbocycles. The van der Waals surface area contributed by atoms with E-state index in [1.165, 1.54) is 30.3 Å². The van der Waals surface area contributed by atoms with Gasteiger partial charge in [-0.15, -0.1) is 0 Å². The average molecular weight is 327 g/mol. The lowest BCUT2D eigenvalue weighted by Crippen LogP contribution is -2.26. The molecule has 0 aromatic heterocycles. The van der Waals surface area contributed by atoms with Crippen molar-refractivity contribution in [1.82, 2.24) is 5.32 Å². The molecular weight excluding hydrogens is 314 g/mol. The fourth-order valence-corrected chi connectivity index (χ4v) is 1.96. The van der Waals surface area contributed by atoms with Gasteiger partial charge < -0.3 is 10.1 Å². The smallest absolute Gasteiger partial charge is 0.387 e. The van der Waals surface area contributed by atoms with E-state index in [9.17, 15) is 22.4 Å². The molecular formula is C16H13F4NO2. The summed E-state index contributed by atoms with van der Waals surface area (Å²) >= 11 is 0. The van der Waals surface area contributed by atoms with E-state index in [0.717, 1.165) is 12.1 Å². The lowest BCUT2D eigenvalue weighted by molar-refractivity contribution is -0.0498. The predicted molar refractivity (Wildman–Crippen MR) is 75.3 cm³/mol. The van der Waals surface area contributed by atoms with E-state index >= 15 is 0 Å².